The van der Waals surface area contributed by atoms with Gasteiger partial charge in [-0.3, -0.25) is 15.1 Å². The summed E-state index contributed by atoms with van der Waals surface area (Å²) in [5.74, 6) is 0.736. The SMILES string of the molecule is CC1(C(=O)O)CSC(C2CSC(c3ccccc3O)=N2)N1. The van der Waals surface area contributed by atoms with E-state index >= 15 is 0 Å². The molecule has 0 radical (unpaired) electrons. The lowest BCUT2D eigenvalue weighted by Crippen LogP contribution is -2.51. The Hall–Kier alpha value is -1.18. The van der Waals surface area contributed by atoms with E-state index in [1.807, 2.05) is 12.1 Å². The third-order valence-corrected chi connectivity index (χ3v) is 6.28. The lowest BCUT2D eigenvalue weighted by molar-refractivity contribution is -0.142. The van der Waals surface area contributed by atoms with Gasteiger partial charge in [0.15, 0.2) is 0 Å². The topological polar surface area (TPSA) is 81.9 Å². The quantitative estimate of drug-likeness (QED) is 0.786. The van der Waals surface area contributed by atoms with Crippen molar-refractivity contribution in [1.82, 2.24) is 5.32 Å². The summed E-state index contributed by atoms with van der Waals surface area (Å²) in [6.45, 7) is 1.71. The Bertz CT molecular complexity index is 608. The summed E-state index contributed by atoms with van der Waals surface area (Å²) in [6.07, 6.45) is 0. The lowest BCUT2D eigenvalue weighted by Gasteiger charge is -2.21. The Morgan fingerprint density at radius 1 is 1.48 bits per heavy atom. The molecule has 2 aliphatic rings. The second kappa shape index (κ2) is 5.55. The van der Waals surface area contributed by atoms with Crippen LogP contribution < -0.4 is 5.32 Å². The second-order valence-electron chi connectivity index (χ2n) is 5.34. The Morgan fingerprint density at radius 3 is 2.90 bits per heavy atom. The summed E-state index contributed by atoms with van der Waals surface area (Å²) in [5.41, 5.74) is -0.137. The van der Waals surface area contributed by atoms with Gasteiger partial charge < -0.3 is 10.2 Å². The van der Waals surface area contributed by atoms with E-state index in [1.54, 1.807) is 42.6 Å². The minimum atomic E-state index is -0.882. The molecule has 1 aromatic carbocycles. The van der Waals surface area contributed by atoms with Crippen molar-refractivity contribution in [3.8, 4) is 5.75 Å². The van der Waals surface area contributed by atoms with Gasteiger partial charge in [-0.05, 0) is 19.1 Å². The fourth-order valence-electron chi connectivity index (χ4n) is 2.33. The predicted molar refractivity (Wildman–Crippen MR) is 86.3 cm³/mol. The largest absolute Gasteiger partial charge is 0.507 e. The van der Waals surface area contributed by atoms with Crippen LogP contribution in [0.2, 0.25) is 0 Å². The first-order chi connectivity index (χ1) is 9.99. The number of aromatic hydroxyl groups is 1. The number of phenolic OH excluding ortho intramolecular Hbond substituents is 1. The molecule has 0 aliphatic carbocycles. The number of thioether (sulfide) groups is 2. The molecule has 112 valence electrons. The minimum Gasteiger partial charge on any atom is -0.507 e. The highest BCUT2D eigenvalue weighted by Gasteiger charge is 2.45. The van der Waals surface area contributed by atoms with Crippen LogP contribution in [0, 0.1) is 0 Å². The molecule has 1 saturated heterocycles. The zero-order valence-corrected chi connectivity index (χ0v) is 13.1. The van der Waals surface area contributed by atoms with Crippen molar-refractivity contribution in [2.45, 2.75) is 23.9 Å². The molecule has 0 aromatic heterocycles. The Labute approximate surface area is 131 Å². The number of hydrogen-bond acceptors (Lipinski definition) is 6. The maximum Gasteiger partial charge on any atom is 0.324 e. The van der Waals surface area contributed by atoms with Crippen LogP contribution in [-0.4, -0.2) is 49.7 Å². The molecular weight excluding hydrogens is 308 g/mol. The second-order valence-corrected chi connectivity index (χ2v) is 7.48. The van der Waals surface area contributed by atoms with Crippen molar-refractivity contribution in [1.29, 1.82) is 0 Å². The summed E-state index contributed by atoms with van der Waals surface area (Å²) < 4.78 is 0. The van der Waals surface area contributed by atoms with Gasteiger partial charge in [-0.15, -0.1) is 23.5 Å². The zero-order chi connectivity index (χ0) is 15.0. The highest BCUT2D eigenvalue weighted by Crippen LogP contribution is 2.36. The van der Waals surface area contributed by atoms with E-state index in [9.17, 15) is 15.0 Å². The van der Waals surface area contributed by atoms with Gasteiger partial charge in [0.05, 0.1) is 11.4 Å². The van der Waals surface area contributed by atoms with Crippen molar-refractivity contribution >= 4 is 34.5 Å². The third-order valence-electron chi connectivity index (χ3n) is 3.64. The minimum absolute atomic E-state index is 0.00181. The van der Waals surface area contributed by atoms with Gasteiger partial charge in [-0.25, -0.2) is 0 Å². The van der Waals surface area contributed by atoms with E-state index in [4.69, 9.17) is 0 Å². The van der Waals surface area contributed by atoms with Crippen molar-refractivity contribution in [2.75, 3.05) is 11.5 Å². The van der Waals surface area contributed by atoms with E-state index in [-0.39, 0.29) is 17.2 Å². The molecule has 5 nitrogen and oxygen atoms in total. The van der Waals surface area contributed by atoms with E-state index in [2.05, 4.69) is 10.3 Å². The van der Waals surface area contributed by atoms with Crippen LogP contribution >= 0.6 is 23.5 Å². The van der Waals surface area contributed by atoms with Crippen LogP contribution in [0.3, 0.4) is 0 Å². The van der Waals surface area contributed by atoms with Crippen molar-refractivity contribution in [2.24, 2.45) is 4.99 Å². The Kier molecular flexibility index (Phi) is 3.90. The zero-order valence-electron chi connectivity index (χ0n) is 11.4. The molecule has 3 rings (SSSR count). The van der Waals surface area contributed by atoms with Crippen LogP contribution in [0.15, 0.2) is 29.3 Å². The number of carbonyl (C=O) groups is 1. The first-order valence-corrected chi connectivity index (χ1v) is 8.65. The first kappa shape index (κ1) is 14.7. The first-order valence-electron chi connectivity index (χ1n) is 6.61. The number of para-hydroxylation sites is 1. The van der Waals surface area contributed by atoms with Gasteiger partial charge in [-0.1, -0.05) is 12.1 Å². The van der Waals surface area contributed by atoms with E-state index < -0.39 is 11.5 Å². The van der Waals surface area contributed by atoms with Gasteiger partial charge in [0.1, 0.15) is 16.3 Å². The lowest BCUT2D eigenvalue weighted by atomic mass is 10.1. The molecule has 1 fully saturated rings. The fraction of sp³-hybridized carbons (Fsp3) is 0.429. The van der Waals surface area contributed by atoms with Gasteiger partial charge in [-0.2, -0.15) is 0 Å². The smallest absolute Gasteiger partial charge is 0.324 e. The van der Waals surface area contributed by atoms with Crippen LogP contribution in [0.5, 0.6) is 5.75 Å². The molecule has 2 aliphatic heterocycles. The summed E-state index contributed by atoms with van der Waals surface area (Å²) in [4.78, 5) is 15.9. The maximum absolute atomic E-state index is 11.3. The molecule has 3 atom stereocenters. The number of hydrogen-bond donors (Lipinski definition) is 3. The summed E-state index contributed by atoms with van der Waals surface area (Å²) in [6, 6.07) is 7.17. The van der Waals surface area contributed by atoms with Crippen molar-refractivity contribution in [3.05, 3.63) is 29.8 Å². The Morgan fingerprint density at radius 2 is 2.24 bits per heavy atom. The molecule has 2 heterocycles. The molecule has 3 N–H and O–H groups in total. The van der Waals surface area contributed by atoms with E-state index in [0.717, 1.165) is 16.4 Å². The molecule has 0 saturated carbocycles. The average Bonchev–Trinajstić information content (AvgIpc) is 3.07. The van der Waals surface area contributed by atoms with Gasteiger partial charge in [0, 0.05) is 17.1 Å². The van der Waals surface area contributed by atoms with E-state index in [1.165, 1.54) is 0 Å². The van der Waals surface area contributed by atoms with Crippen molar-refractivity contribution < 1.29 is 15.0 Å². The monoisotopic (exact) mass is 324 g/mol. The molecule has 1 aromatic rings. The Balaban J connectivity index is 1.76. The molecule has 0 amide bonds. The molecule has 21 heavy (non-hydrogen) atoms. The summed E-state index contributed by atoms with van der Waals surface area (Å²) in [5, 5.41) is 23.1. The number of nitrogens with zero attached hydrogens (tertiary/aromatic N) is 1. The molecule has 0 bridgehead atoms. The van der Waals surface area contributed by atoms with Crippen LogP contribution in [0.1, 0.15) is 12.5 Å². The molecular formula is C14H16N2O3S2. The van der Waals surface area contributed by atoms with Crippen LogP contribution in [0.4, 0.5) is 0 Å². The normalized spacial score (nSPS) is 32.1. The number of nitrogens with one attached hydrogen (secondary N) is 1. The van der Waals surface area contributed by atoms with Gasteiger partial charge >= 0.3 is 5.97 Å². The number of rotatable bonds is 3. The summed E-state index contributed by atoms with van der Waals surface area (Å²) >= 11 is 3.20. The van der Waals surface area contributed by atoms with Crippen LogP contribution in [-0.2, 0) is 4.79 Å². The maximum atomic E-state index is 11.3. The standard InChI is InChI=1S/C14H16N2O3S2/c1-14(13(18)19)7-21-12(16-14)9-6-20-11(15-9)8-4-2-3-5-10(8)17/h2-5,9,12,16-17H,6-7H2,1H3,(H,18,19). The number of aliphatic carboxylic acids is 1. The average molecular weight is 324 g/mol. The van der Waals surface area contributed by atoms with E-state index in [0.29, 0.717) is 5.75 Å². The molecule has 7 heteroatoms. The number of benzene rings is 1. The summed E-state index contributed by atoms with van der Waals surface area (Å²) in [7, 11) is 0. The fourth-order valence-corrected chi connectivity index (χ4v) is 5.03. The molecule has 3 unspecified atom stereocenters. The number of carboxylic acid groups (broad SMARTS) is 1. The number of aliphatic imine (C=N–C) groups is 1. The highest BCUT2D eigenvalue weighted by atomic mass is 32.2. The van der Waals surface area contributed by atoms with Crippen LogP contribution in [0.25, 0.3) is 0 Å². The number of phenols is 1. The highest BCUT2D eigenvalue weighted by molar-refractivity contribution is 8.14. The number of carboxylic acids is 1. The van der Waals surface area contributed by atoms with Gasteiger partial charge in [0.25, 0.3) is 0 Å². The molecule has 0 spiro atoms. The van der Waals surface area contributed by atoms with Gasteiger partial charge in [0.2, 0.25) is 0 Å². The predicted octanol–water partition coefficient (Wildman–Crippen LogP) is 1.76. The third kappa shape index (κ3) is 2.77. The van der Waals surface area contributed by atoms with Crippen molar-refractivity contribution in [3.63, 3.8) is 0 Å².